The molecule has 1 aromatic rings. The zero-order valence-electron chi connectivity index (χ0n) is 8.39. The van der Waals surface area contributed by atoms with Crippen molar-refractivity contribution in [2.45, 2.75) is 12.8 Å². The van der Waals surface area contributed by atoms with E-state index in [1.165, 1.54) is 13.2 Å². The fraction of sp³-hybridized carbons (Fsp3) is 0.400. The summed E-state index contributed by atoms with van der Waals surface area (Å²) in [6.45, 7) is 0.403. The van der Waals surface area contributed by atoms with E-state index < -0.39 is 17.4 Å². The summed E-state index contributed by atoms with van der Waals surface area (Å²) in [5.74, 6) is -3.18. The minimum atomic E-state index is -1.08. The van der Waals surface area contributed by atoms with Crippen molar-refractivity contribution >= 4 is 0 Å². The molecule has 15 heavy (non-hydrogen) atoms. The van der Waals surface area contributed by atoms with Crippen LogP contribution in [0.2, 0.25) is 0 Å². The molecule has 0 heterocycles. The van der Waals surface area contributed by atoms with Crippen LogP contribution in [0.15, 0.2) is 6.07 Å². The minimum Gasteiger partial charge on any atom is -0.503 e. The van der Waals surface area contributed by atoms with Crippen LogP contribution in [0.5, 0.6) is 11.5 Å². The van der Waals surface area contributed by atoms with Gasteiger partial charge in [0.15, 0.2) is 17.3 Å². The predicted molar refractivity (Wildman–Crippen MR) is 52.0 cm³/mol. The van der Waals surface area contributed by atoms with Crippen molar-refractivity contribution in [2.24, 2.45) is 5.73 Å². The van der Waals surface area contributed by atoms with E-state index >= 15 is 0 Å². The number of ether oxygens (including phenoxy) is 1. The van der Waals surface area contributed by atoms with E-state index in [1.807, 2.05) is 0 Å². The number of benzene rings is 1. The molecule has 0 fully saturated rings. The number of aromatic hydroxyl groups is 1. The van der Waals surface area contributed by atoms with Gasteiger partial charge in [0.1, 0.15) is 0 Å². The molecule has 0 saturated carbocycles. The molecule has 0 aliphatic heterocycles. The topological polar surface area (TPSA) is 55.5 Å². The van der Waals surface area contributed by atoms with Gasteiger partial charge in [-0.3, -0.25) is 0 Å². The van der Waals surface area contributed by atoms with Gasteiger partial charge < -0.3 is 15.6 Å². The number of phenols is 1. The molecular weight excluding hydrogens is 204 g/mol. The SMILES string of the molecule is COc1cc(CCCN)c(F)c(O)c1F. The van der Waals surface area contributed by atoms with Gasteiger partial charge in [-0.1, -0.05) is 0 Å². The van der Waals surface area contributed by atoms with Gasteiger partial charge in [-0.15, -0.1) is 0 Å². The molecule has 0 spiro atoms. The number of methoxy groups -OCH3 is 1. The Kier molecular flexibility index (Phi) is 3.85. The molecule has 3 N–H and O–H groups in total. The Morgan fingerprint density at radius 2 is 2.07 bits per heavy atom. The van der Waals surface area contributed by atoms with Gasteiger partial charge in [0, 0.05) is 0 Å². The lowest BCUT2D eigenvalue weighted by Crippen LogP contribution is -2.03. The highest BCUT2D eigenvalue weighted by atomic mass is 19.1. The van der Waals surface area contributed by atoms with E-state index in [1.54, 1.807) is 0 Å². The molecule has 1 aromatic carbocycles. The smallest absolute Gasteiger partial charge is 0.209 e. The van der Waals surface area contributed by atoms with Gasteiger partial charge in [0.2, 0.25) is 5.82 Å². The van der Waals surface area contributed by atoms with Crippen LogP contribution in [0, 0.1) is 11.6 Å². The molecule has 0 radical (unpaired) electrons. The van der Waals surface area contributed by atoms with Gasteiger partial charge in [-0.25, -0.2) is 4.39 Å². The van der Waals surface area contributed by atoms with E-state index in [0.29, 0.717) is 19.4 Å². The molecule has 1 rings (SSSR count). The first-order chi connectivity index (χ1) is 7.11. The summed E-state index contributed by atoms with van der Waals surface area (Å²) < 4.78 is 31.1. The highest BCUT2D eigenvalue weighted by Crippen LogP contribution is 2.31. The van der Waals surface area contributed by atoms with Crippen molar-refractivity contribution < 1.29 is 18.6 Å². The van der Waals surface area contributed by atoms with Crippen molar-refractivity contribution in [3.8, 4) is 11.5 Å². The number of halogens is 2. The van der Waals surface area contributed by atoms with Crippen molar-refractivity contribution in [3.05, 3.63) is 23.3 Å². The normalized spacial score (nSPS) is 10.4. The number of phenolic OH excluding ortho intramolecular Hbond substituents is 1. The summed E-state index contributed by atoms with van der Waals surface area (Å²) in [6, 6.07) is 1.24. The Hall–Kier alpha value is -1.36. The second-order valence-corrected chi connectivity index (χ2v) is 3.11. The third-order valence-corrected chi connectivity index (χ3v) is 2.09. The maximum Gasteiger partial charge on any atom is 0.209 e. The van der Waals surface area contributed by atoms with Crippen LogP contribution in [0.3, 0.4) is 0 Å². The zero-order chi connectivity index (χ0) is 11.4. The second-order valence-electron chi connectivity index (χ2n) is 3.11. The maximum atomic E-state index is 13.3. The van der Waals surface area contributed by atoms with E-state index in [-0.39, 0.29) is 11.3 Å². The predicted octanol–water partition coefficient (Wildman–Crippen LogP) is 1.57. The standard InChI is InChI=1S/C10H13F2NO2/c1-15-7-5-6(3-2-4-13)8(11)10(14)9(7)12/h5,14H,2-4,13H2,1H3. The molecule has 0 unspecified atom stereocenters. The van der Waals surface area contributed by atoms with Gasteiger partial charge in [-0.05, 0) is 31.0 Å². The number of hydrogen-bond acceptors (Lipinski definition) is 3. The first-order valence-corrected chi connectivity index (χ1v) is 4.55. The maximum absolute atomic E-state index is 13.3. The molecule has 0 saturated heterocycles. The third kappa shape index (κ3) is 2.36. The molecule has 0 aliphatic carbocycles. The number of aryl methyl sites for hydroxylation is 1. The van der Waals surface area contributed by atoms with Crippen molar-refractivity contribution in [1.29, 1.82) is 0 Å². The fourth-order valence-electron chi connectivity index (χ4n) is 1.27. The Bertz CT molecular complexity index is 356. The molecule has 0 bridgehead atoms. The second kappa shape index (κ2) is 4.93. The summed E-state index contributed by atoms with van der Waals surface area (Å²) in [5.41, 5.74) is 5.48. The molecule has 84 valence electrons. The quantitative estimate of drug-likeness (QED) is 0.804. The molecule has 3 nitrogen and oxygen atoms in total. The molecular formula is C10H13F2NO2. The first kappa shape index (κ1) is 11.7. The lowest BCUT2D eigenvalue weighted by atomic mass is 10.1. The van der Waals surface area contributed by atoms with E-state index in [2.05, 4.69) is 4.74 Å². The first-order valence-electron chi connectivity index (χ1n) is 4.55. The van der Waals surface area contributed by atoms with Crippen molar-refractivity contribution in [1.82, 2.24) is 0 Å². The Morgan fingerprint density at radius 3 is 2.60 bits per heavy atom. The van der Waals surface area contributed by atoms with Crippen LogP contribution in [-0.4, -0.2) is 18.8 Å². The Balaban J connectivity index is 3.11. The molecule has 0 aromatic heterocycles. The van der Waals surface area contributed by atoms with Gasteiger partial charge >= 0.3 is 0 Å². The highest BCUT2D eigenvalue weighted by Gasteiger charge is 2.17. The van der Waals surface area contributed by atoms with Gasteiger partial charge in [-0.2, -0.15) is 4.39 Å². The van der Waals surface area contributed by atoms with Gasteiger partial charge in [0.25, 0.3) is 0 Å². The Labute approximate surface area is 86.5 Å². The highest BCUT2D eigenvalue weighted by molar-refractivity contribution is 5.41. The van der Waals surface area contributed by atoms with Gasteiger partial charge in [0.05, 0.1) is 7.11 Å². The molecule has 5 heteroatoms. The summed E-state index contributed by atoms with van der Waals surface area (Å²) in [6.07, 6.45) is 0.900. The molecule has 0 aliphatic rings. The summed E-state index contributed by atoms with van der Waals surface area (Å²) in [7, 11) is 1.25. The average Bonchev–Trinajstić information content (AvgIpc) is 2.25. The van der Waals surface area contributed by atoms with Crippen LogP contribution < -0.4 is 10.5 Å². The largest absolute Gasteiger partial charge is 0.503 e. The van der Waals surface area contributed by atoms with E-state index in [0.717, 1.165) is 0 Å². The lowest BCUT2D eigenvalue weighted by Gasteiger charge is -2.09. The summed E-state index contributed by atoms with van der Waals surface area (Å²) >= 11 is 0. The van der Waals surface area contributed by atoms with Crippen LogP contribution in [0.4, 0.5) is 8.78 Å². The van der Waals surface area contributed by atoms with Crippen LogP contribution in [-0.2, 0) is 6.42 Å². The summed E-state index contributed by atoms with van der Waals surface area (Å²) in [4.78, 5) is 0. The minimum absolute atomic E-state index is 0.166. The van der Waals surface area contributed by atoms with Crippen LogP contribution >= 0.6 is 0 Å². The monoisotopic (exact) mass is 217 g/mol. The summed E-state index contributed by atoms with van der Waals surface area (Å²) in [5, 5.41) is 9.14. The average molecular weight is 217 g/mol. The zero-order valence-corrected chi connectivity index (χ0v) is 8.39. The molecule has 0 amide bonds. The third-order valence-electron chi connectivity index (χ3n) is 2.09. The van der Waals surface area contributed by atoms with E-state index in [9.17, 15) is 8.78 Å². The number of nitrogens with two attached hydrogens (primary N) is 1. The van der Waals surface area contributed by atoms with Crippen LogP contribution in [0.1, 0.15) is 12.0 Å². The molecule has 0 atom stereocenters. The lowest BCUT2D eigenvalue weighted by molar-refractivity contribution is 0.347. The van der Waals surface area contributed by atoms with Crippen molar-refractivity contribution in [2.75, 3.05) is 13.7 Å². The van der Waals surface area contributed by atoms with Crippen LogP contribution in [0.25, 0.3) is 0 Å². The van der Waals surface area contributed by atoms with E-state index in [4.69, 9.17) is 10.8 Å². The van der Waals surface area contributed by atoms with Crippen molar-refractivity contribution in [3.63, 3.8) is 0 Å². The Morgan fingerprint density at radius 1 is 1.40 bits per heavy atom. The number of rotatable bonds is 4. The fourth-order valence-corrected chi connectivity index (χ4v) is 1.27. The number of hydrogen-bond donors (Lipinski definition) is 2.